The van der Waals surface area contributed by atoms with Gasteiger partial charge in [-0.25, -0.2) is 0 Å². The molecule has 102 valence electrons. The molecule has 0 amide bonds. The molecule has 0 aliphatic rings. The van der Waals surface area contributed by atoms with Crippen molar-refractivity contribution in [2.24, 2.45) is 0 Å². The molecule has 19 heavy (non-hydrogen) atoms. The summed E-state index contributed by atoms with van der Waals surface area (Å²) in [6.07, 6.45) is 2.80. The molecular weight excluding hydrogens is 236 g/mol. The van der Waals surface area contributed by atoms with E-state index in [0.29, 0.717) is 0 Å². The van der Waals surface area contributed by atoms with Crippen molar-refractivity contribution >= 4 is 10.9 Å². The van der Waals surface area contributed by atoms with Gasteiger partial charge < -0.3 is 10.1 Å². The third kappa shape index (κ3) is 4.21. The van der Waals surface area contributed by atoms with Gasteiger partial charge in [0.25, 0.3) is 0 Å². The maximum absolute atomic E-state index is 5.85. The number of nitrogens with zero attached hydrogens (tertiary/aromatic N) is 1. The van der Waals surface area contributed by atoms with E-state index in [1.165, 1.54) is 0 Å². The van der Waals surface area contributed by atoms with Crippen LogP contribution in [0.15, 0.2) is 36.5 Å². The Hall–Kier alpha value is -1.61. The molecule has 1 aromatic carbocycles. The Morgan fingerprint density at radius 1 is 1.16 bits per heavy atom. The molecule has 0 spiro atoms. The molecule has 0 fully saturated rings. The number of nitrogens with one attached hydrogen (secondary N) is 1. The quantitative estimate of drug-likeness (QED) is 0.835. The minimum atomic E-state index is 0.170. The fraction of sp³-hybridized carbons (Fsp3) is 0.438. The topological polar surface area (TPSA) is 34.1 Å². The number of pyridine rings is 1. The van der Waals surface area contributed by atoms with Gasteiger partial charge in [-0.3, -0.25) is 4.98 Å². The van der Waals surface area contributed by atoms with Gasteiger partial charge in [0.2, 0.25) is 0 Å². The van der Waals surface area contributed by atoms with Gasteiger partial charge in [-0.2, -0.15) is 0 Å². The number of benzene rings is 1. The number of hydrogen-bond acceptors (Lipinski definition) is 3. The minimum Gasteiger partial charge on any atom is -0.493 e. The van der Waals surface area contributed by atoms with Crippen LogP contribution in [0.4, 0.5) is 0 Å². The average Bonchev–Trinajstić information content (AvgIpc) is 2.37. The fourth-order valence-electron chi connectivity index (χ4n) is 1.92. The summed E-state index contributed by atoms with van der Waals surface area (Å²) in [6.45, 7) is 8.20. The highest BCUT2D eigenvalue weighted by molar-refractivity contribution is 5.84. The van der Waals surface area contributed by atoms with Gasteiger partial charge in [0.05, 0.1) is 12.1 Å². The lowest BCUT2D eigenvalue weighted by Crippen LogP contribution is -2.36. The Labute approximate surface area is 115 Å². The van der Waals surface area contributed by atoms with E-state index >= 15 is 0 Å². The van der Waals surface area contributed by atoms with Crippen molar-refractivity contribution in [3.63, 3.8) is 0 Å². The summed E-state index contributed by atoms with van der Waals surface area (Å²) in [5, 5.41) is 4.53. The van der Waals surface area contributed by atoms with Crippen molar-refractivity contribution in [1.82, 2.24) is 10.3 Å². The number of rotatable bonds is 5. The second-order valence-electron chi connectivity index (χ2n) is 5.71. The summed E-state index contributed by atoms with van der Waals surface area (Å²) in [7, 11) is 0. The van der Waals surface area contributed by atoms with Gasteiger partial charge in [0, 0.05) is 17.1 Å². The lowest BCUT2D eigenvalue weighted by molar-refractivity contribution is 0.301. The van der Waals surface area contributed by atoms with Gasteiger partial charge in [-0.1, -0.05) is 6.07 Å². The number of ether oxygens (including phenoxy) is 1. The van der Waals surface area contributed by atoms with Crippen LogP contribution in [0.3, 0.4) is 0 Å². The van der Waals surface area contributed by atoms with Crippen molar-refractivity contribution < 1.29 is 4.74 Å². The van der Waals surface area contributed by atoms with Gasteiger partial charge in [-0.15, -0.1) is 0 Å². The number of aromatic nitrogens is 1. The predicted octanol–water partition coefficient (Wildman–Crippen LogP) is 3.39. The van der Waals surface area contributed by atoms with Crippen LogP contribution in [0.1, 0.15) is 27.2 Å². The molecule has 2 aromatic rings. The zero-order valence-electron chi connectivity index (χ0n) is 11.9. The van der Waals surface area contributed by atoms with Gasteiger partial charge >= 0.3 is 0 Å². The Kier molecular flexibility index (Phi) is 4.38. The first-order valence-electron chi connectivity index (χ1n) is 6.78. The molecular formula is C16H22N2O. The van der Waals surface area contributed by atoms with Crippen LogP contribution in [-0.2, 0) is 0 Å². The third-order valence-electron chi connectivity index (χ3n) is 2.84. The smallest absolute Gasteiger partial charge is 0.128 e. The highest BCUT2D eigenvalue weighted by atomic mass is 16.5. The molecule has 0 radical (unpaired) electrons. The highest BCUT2D eigenvalue weighted by Crippen LogP contribution is 2.23. The molecule has 1 N–H and O–H groups in total. The third-order valence-corrected chi connectivity index (χ3v) is 2.84. The van der Waals surface area contributed by atoms with E-state index < -0.39 is 0 Å². The van der Waals surface area contributed by atoms with Gasteiger partial charge in [0.1, 0.15) is 5.75 Å². The molecule has 3 nitrogen and oxygen atoms in total. The molecule has 0 unspecified atom stereocenters. The summed E-state index contributed by atoms with van der Waals surface area (Å²) in [6, 6.07) is 9.98. The van der Waals surface area contributed by atoms with E-state index in [0.717, 1.165) is 36.2 Å². The van der Waals surface area contributed by atoms with Crippen LogP contribution in [-0.4, -0.2) is 23.7 Å². The summed E-state index contributed by atoms with van der Waals surface area (Å²) in [4.78, 5) is 4.33. The van der Waals surface area contributed by atoms with Crippen LogP contribution in [0.5, 0.6) is 5.75 Å². The van der Waals surface area contributed by atoms with Crippen molar-refractivity contribution in [3.05, 3.63) is 36.5 Å². The standard InChI is InChI=1S/C16H22N2O/c1-16(2,3)18-11-6-12-19-15-9-4-8-14-13(15)7-5-10-17-14/h4-5,7-10,18H,6,11-12H2,1-3H3. The Bertz CT molecular complexity index is 526. The molecule has 0 bridgehead atoms. The fourth-order valence-corrected chi connectivity index (χ4v) is 1.92. The van der Waals surface area contributed by atoms with Crippen LogP contribution in [0, 0.1) is 0 Å². The van der Waals surface area contributed by atoms with Crippen molar-refractivity contribution in [2.45, 2.75) is 32.7 Å². The summed E-state index contributed by atoms with van der Waals surface area (Å²) < 4.78 is 5.85. The predicted molar refractivity (Wildman–Crippen MR) is 79.6 cm³/mol. The first-order valence-corrected chi connectivity index (χ1v) is 6.78. The van der Waals surface area contributed by atoms with Crippen molar-refractivity contribution in [3.8, 4) is 5.75 Å². The zero-order valence-corrected chi connectivity index (χ0v) is 11.9. The highest BCUT2D eigenvalue weighted by Gasteiger charge is 2.07. The summed E-state index contributed by atoms with van der Waals surface area (Å²) >= 11 is 0. The van der Waals surface area contributed by atoms with E-state index in [2.05, 4.69) is 31.1 Å². The molecule has 2 rings (SSSR count). The Balaban J connectivity index is 1.88. The van der Waals surface area contributed by atoms with Gasteiger partial charge in [0.15, 0.2) is 0 Å². The van der Waals surface area contributed by atoms with Crippen LogP contribution < -0.4 is 10.1 Å². The van der Waals surface area contributed by atoms with E-state index in [4.69, 9.17) is 4.74 Å². The normalized spacial score (nSPS) is 11.7. The Morgan fingerprint density at radius 3 is 2.79 bits per heavy atom. The molecule has 0 saturated heterocycles. The molecule has 1 heterocycles. The maximum Gasteiger partial charge on any atom is 0.128 e. The van der Waals surface area contributed by atoms with Crippen LogP contribution in [0.2, 0.25) is 0 Å². The summed E-state index contributed by atoms with van der Waals surface area (Å²) in [5.41, 5.74) is 1.15. The SMILES string of the molecule is CC(C)(C)NCCCOc1cccc2ncccc12. The van der Waals surface area contributed by atoms with Crippen LogP contribution >= 0.6 is 0 Å². The molecule has 0 aliphatic heterocycles. The van der Waals surface area contributed by atoms with Gasteiger partial charge in [-0.05, 0) is 58.0 Å². The van der Waals surface area contributed by atoms with Crippen molar-refractivity contribution in [2.75, 3.05) is 13.2 Å². The van der Waals surface area contributed by atoms with Crippen molar-refractivity contribution in [1.29, 1.82) is 0 Å². The largest absolute Gasteiger partial charge is 0.493 e. The first-order chi connectivity index (χ1) is 9.06. The molecule has 0 saturated carbocycles. The van der Waals surface area contributed by atoms with E-state index in [1.807, 2.05) is 30.3 Å². The Morgan fingerprint density at radius 2 is 2.00 bits per heavy atom. The first kappa shape index (κ1) is 13.8. The summed E-state index contributed by atoms with van der Waals surface area (Å²) in [5.74, 6) is 0.918. The number of fused-ring (bicyclic) bond motifs is 1. The number of hydrogen-bond donors (Lipinski definition) is 1. The van der Waals surface area contributed by atoms with E-state index in [9.17, 15) is 0 Å². The lowest BCUT2D eigenvalue weighted by Gasteiger charge is -2.20. The molecule has 3 heteroatoms. The second-order valence-corrected chi connectivity index (χ2v) is 5.71. The molecule has 0 aliphatic carbocycles. The zero-order chi connectivity index (χ0) is 13.7. The van der Waals surface area contributed by atoms with Crippen LogP contribution in [0.25, 0.3) is 10.9 Å². The average molecular weight is 258 g/mol. The second kappa shape index (κ2) is 6.02. The monoisotopic (exact) mass is 258 g/mol. The maximum atomic E-state index is 5.85. The lowest BCUT2D eigenvalue weighted by atomic mass is 10.1. The molecule has 0 atom stereocenters. The van der Waals surface area contributed by atoms with E-state index in [1.54, 1.807) is 6.20 Å². The molecule has 1 aromatic heterocycles. The minimum absolute atomic E-state index is 0.170. The van der Waals surface area contributed by atoms with E-state index in [-0.39, 0.29) is 5.54 Å².